The highest BCUT2D eigenvalue weighted by atomic mass is 19.4. The summed E-state index contributed by atoms with van der Waals surface area (Å²) in [5.41, 5.74) is -4.08. The van der Waals surface area contributed by atoms with Crippen molar-refractivity contribution >= 4 is 17.4 Å². The number of ether oxygens (including phenoxy) is 1. The number of alkyl halides is 3. The maximum absolute atomic E-state index is 13.9. The number of hydrogen-bond acceptors (Lipinski definition) is 4. The van der Waals surface area contributed by atoms with E-state index in [9.17, 15) is 32.5 Å². The molecule has 1 aromatic rings. The van der Waals surface area contributed by atoms with E-state index in [4.69, 9.17) is 4.74 Å². The van der Waals surface area contributed by atoms with Crippen LogP contribution >= 0.6 is 0 Å². The minimum atomic E-state index is -5.10. The molecule has 0 saturated carbocycles. The van der Waals surface area contributed by atoms with Crippen molar-refractivity contribution in [3.63, 3.8) is 0 Å². The van der Waals surface area contributed by atoms with Crippen molar-refractivity contribution in [1.82, 2.24) is 4.90 Å². The molecule has 1 aliphatic heterocycles. The third-order valence-corrected chi connectivity index (χ3v) is 3.79. The molecular formula is C17H18F4N2O4. The van der Waals surface area contributed by atoms with E-state index in [0.29, 0.717) is 12.1 Å². The molecule has 0 N–H and O–H groups in total. The Labute approximate surface area is 152 Å². The van der Waals surface area contributed by atoms with Crippen molar-refractivity contribution in [3.8, 4) is 0 Å². The molecule has 1 amide bonds. The summed E-state index contributed by atoms with van der Waals surface area (Å²) in [6, 6.07) is 1.14. The molecule has 1 aliphatic rings. The number of nitro groups is 1. The van der Waals surface area contributed by atoms with Crippen LogP contribution in [-0.4, -0.2) is 34.6 Å². The Morgan fingerprint density at radius 2 is 1.89 bits per heavy atom. The van der Waals surface area contributed by atoms with Gasteiger partial charge in [0.15, 0.2) is 0 Å². The summed E-state index contributed by atoms with van der Waals surface area (Å²) in [5.74, 6) is -1.58. The van der Waals surface area contributed by atoms with E-state index in [1.165, 1.54) is 11.0 Å². The number of carbonyl (C=O) groups excluding carboxylic acids is 1. The maximum atomic E-state index is 13.9. The summed E-state index contributed by atoms with van der Waals surface area (Å²) < 4.78 is 59.0. The van der Waals surface area contributed by atoms with Gasteiger partial charge < -0.3 is 9.64 Å². The Balaban J connectivity index is 2.43. The van der Waals surface area contributed by atoms with E-state index in [0.717, 1.165) is 0 Å². The normalized spacial score (nSPS) is 15.4. The molecule has 2 rings (SSSR count). The highest BCUT2D eigenvalue weighted by molar-refractivity contribution is 5.78. The number of benzene rings is 1. The van der Waals surface area contributed by atoms with E-state index in [2.05, 4.69) is 0 Å². The van der Waals surface area contributed by atoms with Gasteiger partial charge in [-0.15, -0.1) is 0 Å². The molecule has 0 atom stereocenters. The fourth-order valence-electron chi connectivity index (χ4n) is 2.71. The third-order valence-electron chi connectivity index (χ3n) is 3.79. The number of rotatable bonds is 2. The molecule has 148 valence electrons. The van der Waals surface area contributed by atoms with Gasteiger partial charge in [-0.1, -0.05) is 6.08 Å². The number of halogens is 4. The molecule has 1 aromatic carbocycles. The third kappa shape index (κ3) is 4.75. The first-order valence-corrected chi connectivity index (χ1v) is 8.02. The summed E-state index contributed by atoms with van der Waals surface area (Å²) in [7, 11) is 0. The van der Waals surface area contributed by atoms with Gasteiger partial charge in [-0.3, -0.25) is 10.1 Å². The van der Waals surface area contributed by atoms with Crippen LogP contribution in [0.3, 0.4) is 0 Å². The number of hydrogen-bond donors (Lipinski definition) is 0. The zero-order valence-electron chi connectivity index (χ0n) is 14.9. The summed E-state index contributed by atoms with van der Waals surface area (Å²) in [6.07, 6.45) is -4.60. The first-order valence-electron chi connectivity index (χ1n) is 8.02. The first-order chi connectivity index (χ1) is 12.3. The van der Waals surface area contributed by atoms with Crippen molar-refractivity contribution in [2.24, 2.45) is 0 Å². The fourth-order valence-corrected chi connectivity index (χ4v) is 2.71. The molecule has 27 heavy (non-hydrogen) atoms. The lowest BCUT2D eigenvalue weighted by Crippen LogP contribution is -2.39. The van der Waals surface area contributed by atoms with Crippen LogP contribution in [0, 0.1) is 15.9 Å². The summed E-state index contributed by atoms with van der Waals surface area (Å²) in [5, 5.41) is 11.2. The van der Waals surface area contributed by atoms with Crippen LogP contribution in [0.2, 0.25) is 0 Å². The minimum absolute atomic E-state index is 0.00822. The van der Waals surface area contributed by atoms with Crippen molar-refractivity contribution in [3.05, 3.63) is 45.3 Å². The molecule has 0 unspecified atom stereocenters. The lowest BCUT2D eigenvalue weighted by Gasteiger charge is -2.30. The van der Waals surface area contributed by atoms with Crippen molar-refractivity contribution < 1.29 is 32.0 Å². The summed E-state index contributed by atoms with van der Waals surface area (Å²) in [4.78, 5) is 23.5. The highest BCUT2D eigenvalue weighted by Gasteiger charge is 2.41. The predicted octanol–water partition coefficient (Wildman–Crippen LogP) is 4.78. The van der Waals surface area contributed by atoms with Gasteiger partial charge >= 0.3 is 12.3 Å². The van der Waals surface area contributed by atoms with Gasteiger partial charge in [0.25, 0.3) is 5.69 Å². The Kier molecular flexibility index (Phi) is 5.48. The molecule has 0 aromatic heterocycles. The number of carbonyl (C=O) groups is 1. The fraction of sp³-hybridized carbons (Fsp3) is 0.471. The molecule has 6 nitrogen and oxygen atoms in total. The van der Waals surface area contributed by atoms with E-state index in [1.54, 1.807) is 20.8 Å². The topological polar surface area (TPSA) is 72.7 Å². The van der Waals surface area contributed by atoms with E-state index in [1.807, 2.05) is 0 Å². The van der Waals surface area contributed by atoms with Crippen LogP contribution in [-0.2, 0) is 10.9 Å². The molecule has 0 fully saturated rings. The molecule has 0 radical (unpaired) electrons. The van der Waals surface area contributed by atoms with Gasteiger partial charge in [-0.2, -0.15) is 13.2 Å². The second kappa shape index (κ2) is 7.16. The van der Waals surface area contributed by atoms with Crippen molar-refractivity contribution in [1.29, 1.82) is 0 Å². The summed E-state index contributed by atoms with van der Waals surface area (Å²) >= 11 is 0. The molecule has 0 saturated heterocycles. The van der Waals surface area contributed by atoms with Crippen LogP contribution in [0.4, 0.5) is 28.0 Å². The molecule has 10 heteroatoms. The average molecular weight is 390 g/mol. The molecule has 0 bridgehead atoms. The van der Waals surface area contributed by atoms with Gasteiger partial charge in [0.2, 0.25) is 0 Å². The number of amides is 1. The standard InChI is InChI=1S/C17H18F4N2O4/c1-16(2,3)27-15(24)22-8-6-10(7-9-22)13-12(23(25)26)5-4-11(18)14(13)17(19,20)21/h4-6H,7-9H2,1-3H3. The Morgan fingerprint density at radius 3 is 2.33 bits per heavy atom. The Hall–Kier alpha value is -2.65. The molecule has 0 aliphatic carbocycles. The Bertz CT molecular complexity index is 797. The largest absolute Gasteiger partial charge is 0.444 e. The van der Waals surface area contributed by atoms with E-state index >= 15 is 0 Å². The van der Waals surface area contributed by atoms with Gasteiger partial charge in [-0.25, -0.2) is 9.18 Å². The summed E-state index contributed by atoms with van der Waals surface area (Å²) in [6.45, 7) is 4.90. The molecular weight excluding hydrogens is 372 g/mol. The van der Waals surface area contributed by atoms with Crippen molar-refractivity contribution in [2.45, 2.75) is 39.0 Å². The van der Waals surface area contributed by atoms with Crippen LogP contribution in [0.1, 0.15) is 38.3 Å². The molecule has 0 spiro atoms. The number of nitrogens with zero attached hydrogens (tertiary/aromatic N) is 2. The van der Waals surface area contributed by atoms with Gasteiger partial charge in [0.1, 0.15) is 17.0 Å². The van der Waals surface area contributed by atoms with Gasteiger partial charge in [0, 0.05) is 19.2 Å². The lowest BCUT2D eigenvalue weighted by atomic mass is 9.92. The van der Waals surface area contributed by atoms with Crippen LogP contribution < -0.4 is 0 Å². The monoisotopic (exact) mass is 390 g/mol. The average Bonchev–Trinajstić information content (AvgIpc) is 2.51. The van der Waals surface area contributed by atoms with Crippen LogP contribution in [0.15, 0.2) is 18.2 Å². The Morgan fingerprint density at radius 1 is 1.26 bits per heavy atom. The maximum Gasteiger partial charge on any atom is 0.420 e. The quantitative estimate of drug-likeness (QED) is 0.414. The molecule has 1 heterocycles. The zero-order chi connectivity index (χ0) is 20.6. The van der Waals surface area contributed by atoms with Crippen molar-refractivity contribution in [2.75, 3.05) is 13.1 Å². The van der Waals surface area contributed by atoms with Gasteiger partial charge in [-0.05, 0) is 38.8 Å². The predicted molar refractivity (Wildman–Crippen MR) is 88.5 cm³/mol. The van der Waals surface area contributed by atoms with Crippen LogP contribution in [0.25, 0.3) is 5.57 Å². The SMILES string of the molecule is CC(C)(C)OC(=O)N1CC=C(c2c([N+](=O)[O-])ccc(F)c2C(F)(F)F)CC1. The highest BCUT2D eigenvalue weighted by Crippen LogP contribution is 2.42. The zero-order valence-corrected chi connectivity index (χ0v) is 14.9. The van der Waals surface area contributed by atoms with E-state index < -0.39 is 45.4 Å². The smallest absolute Gasteiger partial charge is 0.420 e. The lowest BCUT2D eigenvalue weighted by molar-refractivity contribution is -0.385. The number of nitro benzene ring substituents is 1. The first kappa shape index (κ1) is 20.7. The van der Waals surface area contributed by atoms with Gasteiger partial charge in [0.05, 0.1) is 10.5 Å². The minimum Gasteiger partial charge on any atom is -0.444 e. The van der Waals surface area contributed by atoms with E-state index in [-0.39, 0.29) is 25.1 Å². The van der Waals surface area contributed by atoms with Crippen LogP contribution in [0.5, 0.6) is 0 Å². The second-order valence-corrected chi connectivity index (χ2v) is 6.98. The second-order valence-electron chi connectivity index (χ2n) is 6.98.